The van der Waals surface area contributed by atoms with Crippen LogP contribution in [0.5, 0.6) is 0 Å². The van der Waals surface area contributed by atoms with E-state index in [1.807, 2.05) is 11.8 Å². The zero-order valence-electron chi connectivity index (χ0n) is 27.0. The van der Waals surface area contributed by atoms with Crippen molar-refractivity contribution >= 4 is 44.1 Å². The second-order valence-electron chi connectivity index (χ2n) is 15.9. The van der Waals surface area contributed by atoms with Crippen molar-refractivity contribution < 1.29 is 4.57 Å². The highest BCUT2D eigenvalue weighted by atomic mass is 32.2. The van der Waals surface area contributed by atoms with Crippen molar-refractivity contribution in [1.29, 1.82) is 0 Å². The zero-order chi connectivity index (χ0) is 29.6. The van der Waals surface area contributed by atoms with E-state index in [1.54, 1.807) is 0 Å². The molecule has 0 fully saturated rings. The van der Waals surface area contributed by atoms with Crippen LogP contribution in [-0.4, -0.2) is 0 Å². The van der Waals surface area contributed by atoms with Crippen LogP contribution in [0, 0.1) is 17.8 Å². The van der Waals surface area contributed by atoms with Crippen molar-refractivity contribution in [2.24, 2.45) is 17.9 Å². The molecule has 1 aliphatic rings. The van der Waals surface area contributed by atoms with Crippen LogP contribution >= 0.6 is 11.8 Å². The normalized spacial score (nSPS) is 13.8. The van der Waals surface area contributed by atoms with Gasteiger partial charge in [0.2, 0.25) is 5.69 Å². The first kappa shape index (κ1) is 28.3. The number of hydrogen-bond acceptors (Lipinski definition) is 1. The summed E-state index contributed by atoms with van der Waals surface area (Å²) in [7, 11) is 2.23. The molecule has 2 heterocycles. The van der Waals surface area contributed by atoms with Crippen LogP contribution in [0.2, 0.25) is 0 Å². The molecule has 1 aliphatic heterocycles. The Bertz CT molecular complexity index is 1870. The molecule has 5 aromatic rings. The lowest BCUT2D eigenvalue weighted by Gasteiger charge is -2.28. The molecule has 2 heteroatoms. The highest BCUT2D eigenvalue weighted by Gasteiger charge is 2.33. The lowest BCUT2D eigenvalue weighted by atomic mass is 9.81. The molecule has 6 rings (SSSR count). The molecule has 0 spiro atoms. The van der Waals surface area contributed by atoms with Crippen molar-refractivity contribution in [2.75, 3.05) is 0 Å². The second kappa shape index (κ2) is 9.33. The highest BCUT2D eigenvalue weighted by Crippen LogP contribution is 2.53. The van der Waals surface area contributed by atoms with Gasteiger partial charge in [-0.1, -0.05) is 104 Å². The standard InChI is InChI=1S/C39H46NS/c1-23-29-18-24(21-37(2,3)4)12-15-27(29)31(22-38(5,6)7)36-33(23)35-34-28(16-17-40(35)11)30-20-26(39(8,9)10)14-13-25(30)19-32(34)41-36/h12-20H,21-22H2,1-11H3/q+1. The molecule has 0 radical (unpaired) electrons. The van der Waals surface area contributed by atoms with Gasteiger partial charge in [-0.3, -0.25) is 0 Å². The molecule has 0 amide bonds. The Balaban J connectivity index is 1.73. The lowest BCUT2D eigenvalue weighted by molar-refractivity contribution is -0.659. The Morgan fingerprint density at radius 2 is 1.41 bits per heavy atom. The summed E-state index contributed by atoms with van der Waals surface area (Å²) in [5.41, 5.74) is 9.08. The summed E-state index contributed by atoms with van der Waals surface area (Å²) < 4.78 is 2.38. The smallest absolute Gasteiger partial charge is 0.200 e. The number of pyridine rings is 1. The molecular weight excluding hydrogens is 515 g/mol. The fraction of sp³-hybridized carbons (Fsp3) is 0.410. The van der Waals surface area contributed by atoms with E-state index in [-0.39, 0.29) is 16.2 Å². The van der Waals surface area contributed by atoms with Gasteiger partial charge in [-0.2, -0.15) is 0 Å². The van der Waals surface area contributed by atoms with Crippen LogP contribution in [0.25, 0.3) is 43.6 Å². The van der Waals surface area contributed by atoms with Gasteiger partial charge >= 0.3 is 0 Å². The third kappa shape index (κ3) is 4.97. The fourth-order valence-corrected chi connectivity index (χ4v) is 8.15. The minimum Gasteiger partial charge on any atom is -0.200 e. The quantitative estimate of drug-likeness (QED) is 0.150. The number of hydrogen-bond donors (Lipinski definition) is 0. The Morgan fingerprint density at radius 1 is 0.707 bits per heavy atom. The first-order valence-corrected chi connectivity index (χ1v) is 16.0. The van der Waals surface area contributed by atoms with E-state index in [9.17, 15) is 0 Å². The molecule has 0 aliphatic carbocycles. The van der Waals surface area contributed by atoms with Crippen molar-refractivity contribution in [3.05, 3.63) is 77.0 Å². The van der Waals surface area contributed by atoms with Gasteiger partial charge in [-0.05, 0) is 91.9 Å². The van der Waals surface area contributed by atoms with Crippen LogP contribution in [-0.2, 0) is 25.3 Å². The van der Waals surface area contributed by atoms with Crippen LogP contribution in [0.1, 0.15) is 84.6 Å². The van der Waals surface area contributed by atoms with E-state index in [0.29, 0.717) is 0 Å². The van der Waals surface area contributed by atoms with Crippen LogP contribution < -0.4 is 4.57 Å². The average molecular weight is 561 g/mol. The van der Waals surface area contributed by atoms with Crippen LogP contribution in [0.15, 0.2) is 64.5 Å². The summed E-state index contributed by atoms with van der Waals surface area (Å²) >= 11 is 2.01. The second-order valence-corrected chi connectivity index (χ2v) is 16.9. The Morgan fingerprint density at radius 3 is 2.07 bits per heavy atom. The maximum absolute atomic E-state index is 2.50. The molecule has 1 aromatic heterocycles. The molecule has 212 valence electrons. The number of nitrogens with zero attached hydrogens (tertiary/aromatic N) is 1. The van der Waals surface area contributed by atoms with Gasteiger partial charge in [-0.15, -0.1) is 0 Å². The summed E-state index contributed by atoms with van der Waals surface area (Å²) in [5.74, 6) is 0. The van der Waals surface area contributed by atoms with Gasteiger partial charge in [0.1, 0.15) is 7.05 Å². The fourth-order valence-electron chi connectivity index (χ4n) is 6.78. The Kier molecular flexibility index (Phi) is 6.44. The SMILES string of the molecule is Cc1c2c(c(CC(C)(C)C)c3ccc(CC(C)(C)C)cc13)Sc1cc3ccc(C(C)(C)C)cc3c3cc[n+](C)c-2c13. The lowest BCUT2D eigenvalue weighted by Crippen LogP contribution is -2.32. The van der Waals surface area contributed by atoms with E-state index in [4.69, 9.17) is 0 Å². The zero-order valence-corrected chi connectivity index (χ0v) is 27.8. The van der Waals surface area contributed by atoms with Crippen LogP contribution in [0.3, 0.4) is 0 Å². The minimum atomic E-state index is 0.113. The maximum atomic E-state index is 2.50. The van der Waals surface area contributed by atoms with Gasteiger partial charge in [0.25, 0.3) is 0 Å². The van der Waals surface area contributed by atoms with Crippen LogP contribution in [0.4, 0.5) is 0 Å². The Labute approximate surface area is 251 Å². The summed E-state index contributed by atoms with van der Waals surface area (Å²) in [5, 5.41) is 8.31. The molecule has 0 unspecified atom stereocenters. The largest absolute Gasteiger partial charge is 0.222 e. The molecule has 0 bridgehead atoms. The predicted molar refractivity (Wildman–Crippen MR) is 179 cm³/mol. The summed E-state index contributed by atoms with van der Waals surface area (Å²) in [6, 6.07) is 19.2. The van der Waals surface area contributed by atoms with E-state index in [1.165, 1.54) is 75.6 Å². The van der Waals surface area contributed by atoms with E-state index in [2.05, 4.69) is 136 Å². The molecule has 0 saturated carbocycles. The highest BCUT2D eigenvalue weighted by molar-refractivity contribution is 8.00. The monoisotopic (exact) mass is 560 g/mol. The summed E-state index contributed by atoms with van der Waals surface area (Å²) in [6.07, 6.45) is 4.42. The third-order valence-corrected chi connectivity index (χ3v) is 9.84. The summed E-state index contributed by atoms with van der Waals surface area (Å²) in [6.45, 7) is 23.4. The molecule has 41 heavy (non-hydrogen) atoms. The van der Waals surface area contributed by atoms with E-state index >= 15 is 0 Å². The van der Waals surface area contributed by atoms with E-state index < -0.39 is 0 Å². The number of rotatable bonds is 2. The molecular formula is C39H46NS+. The van der Waals surface area contributed by atoms with E-state index in [0.717, 1.165) is 12.8 Å². The molecule has 0 atom stereocenters. The average Bonchev–Trinajstić information content (AvgIpc) is 2.85. The first-order chi connectivity index (χ1) is 19.0. The first-order valence-electron chi connectivity index (χ1n) is 15.2. The van der Waals surface area contributed by atoms with Gasteiger partial charge < -0.3 is 0 Å². The van der Waals surface area contributed by atoms with Crippen molar-refractivity contribution in [2.45, 2.75) is 97.3 Å². The predicted octanol–water partition coefficient (Wildman–Crippen LogP) is 10.9. The summed E-state index contributed by atoms with van der Waals surface area (Å²) in [4.78, 5) is 2.84. The van der Waals surface area contributed by atoms with Gasteiger partial charge in [-0.25, -0.2) is 4.57 Å². The number of aromatic nitrogens is 1. The maximum Gasteiger partial charge on any atom is 0.222 e. The van der Waals surface area contributed by atoms with Gasteiger partial charge in [0.05, 0.1) is 10.9 Å². The van der Waals surface area contributed by atoms with Crippen molar-refractivity contribution in [3.8, 4) is 11.3 Å². The molecule has 1 nitrogen and oxygen atoms in total. The number of benzene rings is 4. The number of fused-ring (bicyclic) bond motifs is 5. The van der Waals surface area contributed by atoms with Gasteiger partial charge in [0.15, 0.2) is 6.20 Å². The molecule has 0 saturated heterocycles. The van der Waals surface area contributed by atoms with Crippen molar-refractivity contribution in [1.82, 2.24) is 0 Å². The molecule has 0 N–H and O–H groups in total. The van der Waals surface area contributed by atoms with Gasteiger partial charge in [0, 0.05) is 21.2 Å². The minimum absolute atomic E-state index is 0.113. The van der Waals surface area contributed by atoms with Crippen molar-refractivity contribution in [3.63, 3.8) is 0 Å². The third-order valence-electron chi connectivity index (χ3n) is 8.65. The topological polar surface area (TPSA) is 3.88 Å². The molecule has 4 aromatic carbocycles. The Hall–Kier alpha value is -2.84. The number of aryl methyl sites for hydroxylation is 2.